The first-order chi connectivity index (χ1) is 12.3. The number of para-hydroxylation sites is 1. The zero-order chi connectivity index (χ0) is 18.6. The van der Waals surface area contributed by atoms with Gasteiger partial charge in [-0.15, -0.1) is 0 Å². The summed E-state index contributed by atoms with van der Waals surface area (Å²) in [6.07, 6.45) is 3.98. The molecule has 2 N–H and O–H groups in total. The zero-order valence-electron chi connectivity index (χ0n) is 15.3. The summed E-state index contributed by atoms with van der Waals surface area (Å²) in [5.41, 5.74) is 2.82. The Balaban J connectivity index is 1.60. The van der Waals surface area contributed by atoms with Gasteiger partial charge in [-0.3, -0.25) is 0 Å². The number of aryl methyl sites for hydroxylation is 1. The number of hydrogen-bond acceptors (Lipinski definition) is 2. The van der Waals surface area contributed by atoms with E-state index < -0.39 is 15.6 Å². The van der Waals surface area contributed by atoms with Gasteiger partial charge in [-0.25, -0.2) is 13.1 Å². The third-order valence-corrected chi connectivity index (χ3v) is 6.15. The van der Waals surface area contributed by atoms with Crippen molar-refractivity contribution in [1.29, 1.82) is 0 Å². The molecule has 0 aliphatic carbocycles. The van der Waals surface area contributed by atoms with Crippen molar-refractivity contribution < 1.29 is 8.42 Å². The summed E-state index contributed by atoms with van der Waals surface area (Å²) < 4.78 is 27.9. The summed E-state index contributed by atoms with van der Waals surface area (Å²) in [6, 6.07) is 18.1. The third-order valence-electron chi connectivity index (χ3n) is 4.46. The summed E-state index contributed by atoms with van der Waals surface area (Å²) in [4.78, 5) is 3.25. The number of fused-ring (bicyclic) bond motifs is 1. The molecule has 2 aromatic carbocycles. The fourth-order valence-corrected chi connectivity index (χ4v) is 4.91. The van der Waals surface area contributed by atoms with Crippen LogP contribution >= 0.6 is 0 Å². The highest BCUT2D eigenvalue weighted by atomic mass is 32.2. The Morgan fingerprint density at radius 3 is 2.46 bits per heavy atom. The molecular weight excluding hydrogens is 344 g/mol. The minimum Gasteiger partial charge on any atom is -0.361 e. The number of sulfonamides is 1. The van der Waals surface area contributed by atoms with Crippen LogP contribution < -0.4 is 4.72 Å². The maximum atomic E-state index is 12.5. The van der Waals surface area contributed by atoms with Crippen LogP contribution in [0, 0.1) is 0 Å². The van der Waals surface area contributed by atoms with Gasteiger partial charge in [-0.05, 0) is 50.3 Å². The first-order valence-corrected chi connectivity index (χ1v) is 10.6. The minimum absolute atomic E-state index is 0.138. The second kappa shape index (κ2) is 7.64. The number of aromatic nitrogens is 1. The molecule has 4 nitrogen and oxygen atoms in total. The van der Waals surface area contributed by atoms with Crippen LogP contribution in [-0.2, 0) is 22.9 Å². The van der Waals surface area contributed by atoms with Crippen LogP contribution in [0.4, 0.5) is 0 Å². The standard InChI is InChI=1S/C21H26N2O2S/c1-21(2,15-18-16-22-20-13-7-6-12-19(18)20)23-26(24,25)14-8-11-17-9-4-3-5-10-17/h3-7,9-10,12-13,16,22-23H,8,11,14-15H2,1-2H3. The molecule has 3 rings (SSSR count). The number of aromatic amines is 1. The Morgan fingerprint density at radius 1 is 1.00 bits per heavy atom. The van der Waals surface area contributed by atoms with Gasteiger partial charge in [0.15, 0.2) is 0 Å². The van der Waals surface area contributed by atoms with Gasteiger partial charge in [-0.1, -0.05) is 48.5 Å². The quantitative estimate of drug-likeness (QED) is 0.628. The second-order valence-electron chi connectivity index (χ2n) is 7.43. The lowest BCUT2D eigenvalue weighted by Crippen LogP contribution is -2.46. The van der Waals surface area contributed by atoms with Crippen LogP contribution in [0.1, 0.15) is 31.4 Å². The van der Waals surface area contributed by atoms with Crippen LogP contribution in [0.15, 0.2) is 60.8 Å². The molecule has 0 saturated heterocycles. The smallest absolute Gasteiger partial charge is 0.212 e. The average Bonchev–Trinajstić information content (AvgIpc) is 2.97. The molecule has 5 heteroatoms. The molecule has 138 valence electrons. The molecule has 1 aromatic heterocycles. The number of nitrogens with one attached hydrogen (secondary N) is 2. The molecule has 0 aliphatic rings. The Bertz CT molecular complexity index is 960. The van der Waals surface area contributed by atoms with E-state index in [-0.39, 0.29) is 5.75 Å². The van der Waals surface area contributed by atoms with E-state index in [0.717, 1.165) is 22.9 Å². The van der Waals surface area contributed by atoms with Gasteiger partial charge in [0.2, 0.25) is 10.0 Å². The van der Waals surface area contributed by atoms with Gasteiger partial charge in [0.25, 0.3) is 0 Å². The minimum atomic E-state index is -3.33. The van der Waals surface area contributed by atoms with Gasteiger partial charge in [-0.2, -0.15) is 0 Å². The van der Waals surface area contributed by atoms with Crippen LogP contribution in [0.2, 0.25) is 0 Å². The van der Waals surface area contributed by atoms with E-state index in [1.165, 1.54) is 5.56 Å². The van der Waals surface area contributed by atoms with Gasteiger partial charge in [0.1, 0.15) is 0 Å². The first kappa shape index (κ1) is 18.7. The van der Waals surface area contributed by atoms with Crippen LogP contribution in [0.3, 0.4) is 0 Å². The van der Waals surface area contributed by atoms with Gasteiger partial charge in [0.05, 0.1) is 5.75 Å². The van der Waals surface area contributed by atoms with Gasteiger partial charge >= 0.3 is 0 Å². The average molecular weight is 371 g/mol. The lowest BCUT2D eigenvalue weighted by molar-refractivity contribution is 0.451. The van der Waals surface area contributed by atoms with Crippen molar-refractivity contribution in [3.05, 3.63) is 71.9 Å². The zero-order valence-corrected chi connectivity index (χ0v) is 16.1. The molecule has 26 heavy (non-hydrogen) atoms. The van der Waals surface area contributed by atoms with Crippen molar-refractivity contribution in [3.63, 3.8) is 0 Å². The molecule has 0 saturated carbocycles. The van der Waals surface area contributed by atoms with Crippen molar-refractivity contribution in [1.82, 2.24) is 9.71 Å². The molecular formula is C21H26N2O2S. The predicted octanol–water partition coefficient (Wildman–Crippen LogP) is 4.04. The Morgan fingerprint density at radius 2 is 1.69 bits per heavy atom. The van der Waals surface area contributed by atoms with Gasteiger partial charge in [0, 0.05) is 22.6 Å². The molecule has 0 unspecified atom stereocenters. The van der Waals surface area contributed by atoms with E-state index in [4.69, 9.17) is 0 Å². The van der Waals surface area contributed by atoms with E-state index in [1.54, 1.807) is 0 Å². The van der Waals surface area contributed by atoms with E-state index in [1.807, 2.05) is 68.6 Å². The SMILES string of the molecule is CC(C)(Cc1c[nH]c2ccccc12)NS(=O)(=O)CCCc1ccccc1. The first-order valence-electron chi connectivity index (χ1n) is 8.95. The molecule has 0 aliphatic heterocycles. The highest BCUT2D eigenvalue weighted by Gasteiger charge is 2.26. The molecule has 1 heterocycles. The molecule has 0 amide bonds. The van der Waals surface area contributed by atoms with Gasteiger partial charge < -0.3 is 4.98 Å². The second-order valence-corrected chi connectivity index (χ2v) is 9.27. The van der Waals surface area contributed by atoms with Crippen molar-refractivity contribution in [3.8, 4) is 0 Å². The summed E-state index contributed by atoms with van der Waals surface area (Å²) in [5.74, 6) is 0.138. The van der Waals surface area contributed by atoms with E-state index in [2.05, 4.69) is 15.8 Å². The van der Waals surface area contributed by atoms with E-state index in [0.29, 0.717) is 12.8 Å². The normalized spacial score (nSPS) is 12.5. The summed E-state index contributed by atoms with van der Waals surface area (Å²) in [6.45, 7) is 3.87. The fraction of sp³-hybridized carbons (Fsp3) is 0.333. The third kappa shape index (κ3) is 4.96. The fourth-order valence-electron chi connectivity index (χ4n) is 3.37. The Hall–Kier alpha value is -2.11. The molecule has 0 fully saturated rings. The monoisotopic (exact) mass is 370 g/mol. The van der Waals surface area contributed by atoms with Crippen LogP contribution in [0.25, 0.3) is 10.9 Å². The molecule has 0 spiro atoms. The predicted molar refractivity (Wildman–Crippen MR) is 108 cm³/mol. The summed E-state index contributed by atoms with van der Waals surface area (Å²) >= 11 is 0. The number of H-pyrrole nitrogens is 1. The topological polar surface area (TPSA) is 62.0 Å². The lowest BCUT2D eigenvalue weighted by atomic mass is 9.96. The van der Waals surface area contributed by atoms with Crippen LogP contribution in [0.5, 0.6) is 0 Å². The summed E-state index contributed by atoms with van der Waals surface area (Å²) in [5, 5.41) is 1.14. The van der Waals surface area contributed by atoms with Crippen molar-refractivity contribution in [2.24, 2.45) is 0 Å². The van der Waals surface area contributed by atoms with E-state index >= 15 is 0 Å². The highest BCUT2D eigenvalue weighted by Crippen LogP contribution is 2.23. The maximum absolute atomic E-state index is 12.5. The highest BCUT2D eigenvalue weighted by molar-refractivity contribution is 7.89. The maximum Gasteiger partial charge on any atom is 0.212 e. The Kier molecular flexibility index (Phi) is 5.49. The largest absolute Gasteiger partial charge is 0.361 e. The number of benzene rings is 2. The number of rotatable bonds is 8. The van der Waals surface area contributed by atoms with Crippen molar-refractivity contribution in [2.75, 3.05) is 5.75 Å². The van der Waals surface area contributed by atoms with Crippen LogP contribution in [-0.4, -0.2) is 24.7 Å². The molecule has 0 atom stereocenters. The van der Waals surface area contributed by atoms with Crippen molar-refractivity contribution >= 4 is 20.9 Å². The van der Waals surface area contributed by atoms with E-state index in [9.17, 15) is 8.42 Å². The lowest BCUT2D eigenvalue weighted by Gasteiger charge is -2.26. The van der Waals surface area contributed by atoms with Crippen molar-refractivity contribution in [2.45, 2.75) is 38.6 Å². The summed E-state index contributed by atoms with van der Waals surface area (Å²) in [7, 11) is -3.33. The molecule has 0 bridgehead atoms. The molecule has 0 radical (unpaired) electrons. The number of hydrogen-bond donors (Lipinski definition) is 2. The molecule has 3 aromatic rings. The Labute approximate surface area is 155 Å².